The number of carbonyl (C=O) groups excluding carboxylic acids is 1. The highest BCUT2D eigenvalue weighted by molar-refractivity contribution is 7.10. The zero-order chi connectivity index (χ0) is 19.8. The quantitative estimate of drug-likeness (QED) is 0.478. The van der Waals surface area contributed by atoms with E-state index in [0.29, 0.717) is 23.1 Å². The number of esters is 1. The van der Waals surface area contributed by atoms with E-state index in [1.54, 1.807) is 30.0 Å². The molecule has 9 heteroatoms. The third kappa shape index (κ3) is 3.09. The molecule has 0 saturated carbocycles. The van der Waals surface area contributed by atoms with Gasteiger partial charge in [0.25, 0.3) is 5.56 Å². The van der Waals surface area contributed by atoms with Crippen molar-refractivity contribution in [1.82, 2.24) is 18.7 Å². The van der Waals surface area contributed by atoms with Gasteiger partial charge in [-0.1, -0.05) is 0 Å². The summed E-state index contributed by atoms with van der Waals surface area (Å²) in [5, 5.41) is 1.88. The lowest BCUT2D eigenvalue weighted by molar-refractivity contribution is 0.0494. The number of fused-ring (bicyclic) bond motifs is 2. The Morgan fingerprint density at radius 2 is 2.04 bits per heavy atom. The summed E-state index contributed by atoms with van der Waals surface area (Å²) in [6.07, 6.45) is 6.14. The lowest BCUT2D eigenvalue weighted by Crippen LogP contribution is -2.39. The van der Waals surface area contributed by atoms with Crippen LogP contribution in [0.25, 0.3) is 11.2 Å². The smallest absolute Gasteiger partial charge is 0.339 e. The Hall–Kier alpha value is -2.68. The second-order valence-electron chi connectivity index (χ2n) is 7.07. The first-order valence-corrected chi connectivity index (χ1v) is 10.2. The average molecular weight is 402 g/mol. The van der Waals surface area contributed by atoms with E-state index >= 15 is 0 Å². The van der Waals surface area contributed by atoms with Gasteiger partial charge in [0.15, 0.2) is 11.2 Å². The average Bonchev–Trinajstić information content (AvgIpc) is 3.29. The fraction of sp³-hybridized carbons (Fsp3) is 0.474. The van der Waals surface area contributed by atoms with Crippen molar-refractivity contribution in [2.24, 2.45) is 14.1 Å². The Kier molecular flexibility index (Phi) is 4.92. The van der Waals surface area contributed by atoms with Crippen LogP contribution in [0.1, 0.15) is 40.1 Å². The van der Waals surface area contributed by atoms with Crippen molar-refractivity contribution in [3.05, 3.63) is 48.5 Å². The maximum absolute atomic E-state index is 12.6. The molecule has 8 nitrogen and oxygen atoms in total. The van der Waals surface area contributed by atoms with Crippen molar-refractivity contribution < 1.29 is 9.53 Å². The van der Waals surface area contributed by atoms with E-state index < -0.39 is 5.69 Å². The number of hydrogen-bond donors (Lipinski definition) is 0. The topological polar surface area (TPSA) is 88.1 Å². The van der Waals surface area contributed by atoms with Crippen LogP contribution in [0.5, 0.6) is 0 Å². The zero-order valence-corrected chi connectivity index (χ0v) is 16.8. The second kappa shape index (κ2) is 7.38. The molecular weight excluding hydrogens is 380 g/mol. The Morgan fingerprint density at radius 1 is 1.25 bits per heavy atom. The number of imidazole rings is 1. The number of aryl methyl sites for hydroxylation is 3. The maximum atomic E-state index is 12.6. The lowest BCUT2D eigenvalue weighted by Gasteiger charge is -2.12. The minimum absolute atomic E-state index is 0.155. The fourth-order valence-corrected chi connectivity index (χ4v) is 4.84. The van der Waals surface area contributed by atoms with Gasteiger partial charge in [-0.2, -0.15) is 0 Å². The first kappa shape index (κ1) is 18.7. The molecule has 3 aromatic rings. The molecule has 0 radical (unpaired) electrons. The molecule has 3 heterocycles. The lowest BCUT2D eigenvalue weighted by atomic mass is 9.96. The zero-order valence-electron chi connectivity index (χ0n) is 15.9. The summed E-state index contributed by atoms with van der Waals surface area (Å²) in [5.41, 5.74) is 1.74. The van der Waals surface area contributed by atoms with Crippen molar-refractivity contribution in [3.8, 4) is 0 Å². The van der Waals surface area contributed by atoms with Gasteiger partial charge < -0.3 is 9.30 Å². The number of ether oxygens (including phenoxy) is 1. The molecule has 0 saturated heterocycles. The molecular formula is C19H22N4O4S. The van der Waals surface area contributed by atoms with Gasteiger partial charge in [-0.15, -0.1) is 11.3 Å². The van der Waals surface area contributed by atoms with Crippen molar-refractivity contribution in [2.75, 3.05) is 6.61 Å². The summed E-state index contributed by atoms with van der Waals surface area (Å²) < 4.78 is 9.54. The number of thiophene rings is 1. The third-order valence-electron chi connectivity index (χ3n) is 5.24. The van der Waals surface area contributed by atoms with E-state index in [2.05, 4.69) is 4.98 Å². The first-order chi connectivity index (χ1) is 13.5. The molecule has 148 valence electrons. The summed E-state index contributed by atoms with van der Waals surface area (Å²) in [6, 6.07) is 0. The van der Waals surface area contributed by atoms with Gasteiger partial charge in [0, 0.05) is 30.9 Å². The monoisotopic (exact) mass is 402 g/mol. The van der Waals surface area contributed by atoms with Crippen LogP contribution in [-0.4, -0.2) is 31.3 Å². The largest absolute Gasteiger partial charge is 0.462 e. The van der Waals surface area contributed by atoms with Crippen molar-refractivity contribution in [2.45, 2.75) is 38.6 Å². The van der Waals surface area contributed by atoms with Gasteiger partial charge in [-0.25, -0.2) is 14.6 Å². The van der Waals surface area contributed by atoms with Crippen LogP contribution in [0.4, 0.5) is 0 Å². The Morgan fingerprint density at radius 3 is 2.86 bits per heavy atom. The SMILES string of the molecule is Cn1cnc2c1c(=O)n(CCCOC(=O)c1csc3c1CCCC3)c(=O)n2C. The highest BCUT2D eigenvalue weighted by Crippen LogP contribution is 2.30. The molecule has 0 aromatic carbocycles. The van der Waals surface area contributed by atoms with Crippen LogP contribution in [-0.2, 0) is 38.2 Å². The number of hydrogen-bond acceptors (Lipinski definition) is 6. The van der Waals surface area contributed by atoms with Crippen LogP contribution in [0, 0.1) is 0 Å². The summed E-state index contributed by atoms with van der Waals surface area (Å²) in [6.45, 7) is 0.337. The van der Waals surface area contributed by atoms with Gasteiger partial charge in [-0.05, 0) is 37.7 Å². The Balaban J connectivity index is 1.44. The van der Waals surface area contributed by atoms with E-state index in [-0.39, 0.29) is 24.7 Å². The Bertz CT molecular complexity index is 1170. The summed E-state index contributed by atoms with van der Waals surface area (Å²) in [4.78, 5) is 42.9. The molecule has 0 atom stereocenters. The van der Waals surface area contributed by atoms with E-state index in [0.717, 1.165) is 24.8 Å². The third-order valence-corrected chi connectivity index (χ3v) is 6.33. The van der Waals surface area contributed by atoms with E-state index in [4.69, 9.17) is 4.74 Å². The Labute approximate surface area is 165 Å². The predicted molar refractivity (Wildman–Crippen MR) is 106 cm³/mol. The molecule has 28 heavy (non-hydrogen) atoms. The molecule has 0 aliphatic heterocycles. The summed E-state index contributed by atoms with van der Waals surface area (Å²) in [7, 11) is 3.31. The number of rotatable bonds is 5. The first-order valence-electron chi connectivity index (χ1n) is 9.36. The standard InChI is InChI=1S/C19H22N4O4S/c1-21-11-20-16-15(21)17(24)23(19(26)22(16)2)8-5-9-27-18(25)13-10-28-14-7-4-3-6-12(13)14/h10-11H,3-9H2,1-2H3. The maximum Gasteiger partial charge on any atom is 0.339 e. The van der Waals surface area contributed by atoms with Gasteiger partial charge in [0.1, 0.15) is 0 Å². The molecule has 0 N–H and O–H groups in total. The molecule has 3 aromatic heterocycles. The van der Waals surface area contributed by atoms with Crippen molar-refractivity contribution in [3.63, 3.8) is 0 Å². The molecule has 1 aliphatic carbocycles. The molecule has 0 fully saturated rings. The number of nitrogens with zero attached hydrogens (tertiary/aromatic N) is 4. The van der Waals surface area contributed by atoms with Crippen molar-refractivity contribution in [1.29, 1.82) is 0 Å². The van der Waals surface area contributed by atoms with Crippen molar-refractivity contribution >= 4 is 28.5 Å². The summed E-state index contributed by atoms with van der Waals surface area (Å²) in [5.74, 6) is -0.318. The molecule has 1 aliphatic rings. The minimum atomic E-state index is -0.422. The van der Waals surface area contributed by atoms with Crippen LogP contribution in [0.3, 0.4) is 0 Å². The highest BCUT2D eigenvalue weighted by atomic mass is 32.1. The molecule has 4 rings (SSSR count). The number of carbonyl (C=O) groups is 1. The summed E-state index contributed by atoms with van der Waals surface area (Å²) >= 11 is 1.63. The van der Waals surface area contributed by atoms with Gasteiger partial charge in [0.2, 0.25) is 0 Å². The minimum Gasteiger partial charge on any atom is -0.462 e. The molecule has 0 amide bonds. The molecule has 0 unspecified atom stereocenters. The van der Waals surface area contributed by atoms with E-state index in [9.17, 15) is 14.4 Å². The molecule has 0 bridgehead atoms. The van der Waals surface area contributed by atoms with Crippen LogP contribution >= 0.6 is 11.3 Å². The van der Waals surface area contributed by atoms with Gasteiger partial charge >= 0.3 is 11.7 Å². The van der Waals surface area contributed by atoms with Crippen LogP contribution < -0.4 is 11.2 Å². The predicted octanol–water partition coefficient (Wildman–Crippen LogP) is 1.62. The van der Waals surface area contributed by atoms with Gasteiger partial charge in [0.05, 0.1) is 18.5 Å². The number of aromatic nitrogens is 4. The van der Waals surface area contributed by atoms with E-state index in [1.165, 1.54) is 26.8 Å². The highest BCUT2D eigenvalue weighted by Gasteiger charge is 2.21. The van der Waals surface area contributed by atoms with Crippen LogP contribution in [0.2, 0.25) is 0 Å². The van der Waals surface area contributed by atoms with E-state index in [1.807, 2.05) is 5.38 Å². The fourth-order valence-electron chi connectivity index (χ4n) is 3.72. The molecule has 0 spiro atoms. The second-order valence-corrected chi connectivity index (χ2v) is 8.04. The normalized spacial score (nSPS) is 13.6. The van der Waals surface area contributed by atoms with Crippen LogP contribution in [0.15, 0.2) is 21.3 Å². The van der Waals surface area contributed by atoms with Gasteiger partial charge in [-0.3, -0.25) is 13.9 Å².